The van der Waals surface area contributed by atoms with Gasteiger partial charge in [-0.3, -0.25) is 14.3 Å². The molecule has 0 aliphatic heterocycles. The summed E-state index contributed by atoms with van der Waals surface area (Å²) in [6.45, 7) is 6.04. The second-order valence-electron chi connectivity index (χ2n) is 12.4. The van der Waals surface area contributed by atoms with Gasteiger partial charge in [0.15, 0.2) is 17.3 Å². The monoisotopic (exact) mass is 649 g/mol. The summed E-state index contributed by atoms with van der Waals surface area (Å²) in [5.41, 5.74) is 8.64. The molecule has 1 atom stereocenters. The summed E-state index contributed by atoms with van der Waals surface area (Å²) in [4.78, 5) is 31.6. The highest BCUT2D eigenvalue weighted by Gasteiger charge is 2.32. The third kappa shape index (κ3) is 5.96. The predicted octanol–water partition coefficient (Wildman–Crippen LogP) is 4.73. The van der Waals surface area contributed by atoms with Crippen LogP contribution in [0.15, 0.2) is 42.7 Å². The number of nitrogens with two attached hydrogens (primary N) is 1. The van der Waals surface area contributed by atoms with Crippen molar-refractivity contribution in [2.24, 2.45) is 17.6 Å². The Balaban J connectivity index is 1.62. The Hall–Kier alpha value is -4.72. The van der Waals surface area contributed by atoms with E-state index in [0.29, 0.717) is 51.1 Å². The van der Waals surface area contributed by atoms with E-state index in [1.165, 1.54) is 23.0 Å². The van der Waals surface area contributed by atoms with Gasteiger partial charge in [0, 0.05) is 16.3 Å². The highest BCUT2D eigenvalue weighted by molar-refractivity contribution is 7.89. The van der Waals surface area contributed by atoms with Crippen molar-refractivity contribution in [1.82, 2.24) is 29.3 Å². The van der Waals surface area contributed by atoms with Gasteiger partial charge in [0.25, 0.3) is 11.8 Å². The molecule has 14 heteroatoms. The van der Waals surface area contributed by atoms with Crippen LogP contribution in [0.1, 0.15) is 71.6 Å². The molecule has 11 nitrogen and oxygen atoms in total. The van der Waals surface area contributed by atoms with Crippen LogP contribution >= 0.6 is 0 Å². The van der Waals surface area contributed by atoms with Gasteiger partial charge in [-0.1, -0.05) is 19.9 Å². The normalized spacial score (nSPS) is 14.3. The quantitative estimate of drug-likeness (QED) is 0.222. The molecule has 1 unspecified atom stereocenters. The number of fused-ring (bicyclic) bond motifs is 2. The Kier molecular flexibility index (Phi) is 7.87. The van der Waals surface area contributed by atoms with E-state index in [2.05, 4.69) is 17.1 Å². The molecule has 1 fully saturated rings. The van der Waals surface area contributed by atoms with Crippen LogP contribution in [0, 0.1) is 23.5 Å². The van der Waals surface area contributed by atoms with Gasteiger partial charge >= 0.3 is 0 Å². The third-order valence-electron chi connectivity index (χ3n) is 8.22. The molecule has 3 aromatic heterocycles. The number of hydrogen-bond donors (Lipinski definition) is 2. The number of rotatable bonds is 10. The number of pyridine rings is 1. The number of hydrogen-bond acceptors (Lipinski definition) is 7. The van der Waals surface area contributed by atoms with Crippen LogP contribution in [-0.2, 0) is 23.0 Å². The van der Waals surface area contributed by atoms with Crippen molar-refractivity contribution in [3.63, 3.8) is 0 Å². The summed E-state index contributed by atoms with van der Waals surface area (Å²) >= 11 is 0. The van der Waals surface area contributed by atoms with Gasteiger partial charge in [0.1, 0.15) is 0 Å². The van der Waals surface area contributed by atoms with Crippen LogP contribution < -0.4 is 10.5 Å². The van der Waals surface area contributed by atoms with Crippen LogP contribution in [0.2, 0.25) is 0 Å². The molecule has 0 radical (unpaired) electrons. The summed E-state index contributed by atoms with van der Waals surface area (Å²) in [7, 11) is -3.99. The Morgan fingerprint density at radius 3 is 2.43 bits per heavy atom. The number of benzene rings is 2. The maximum absolute atomic E-state index is 14.0. The highest BCUT2D eigenvalue weighted by Crippen LogP contribution is 2.42. The summed E-state index contributed by atoms with van der Waals surface area (Å²) < 4.78 is 57.2. The number of primary amides is 1. The molecule has 3 N–H and O–H groups in total. The zero-order chi connectivity index (χ0) is 33.1. The molecule has 3 heterocycles. The largest absolute Gasteiger partial charge is 0.366 e. The molecule has 1 aliphatic carbocycles. The predicted molar refractivity (Wildman–Crippen MR) is 169 cm³/mol. The third-order valence-corrected chi connectivity index (χ3v) is 8.77. The fourth-order valence-corrected chi connectivity index (χ4v) is 6.43. The van der Waals surface area contributed by atoms with Crippen molar-refractivity contribution in [1.29, 1.82) is 0 Å². The zero-order valence-electron chi connectivity index (χ0n) is 25.7. The molecular formula is C32H33F2N7O4S. The molecule has 0 saturated heterocycles. The van der Waals surface area contributed by atoms with Crippen LogP contribution in [0.4, 0.5) is 8.78 Å². The van der Waals surface area contributed by atoms with E-state index in [0.717, 1.165) is 31.2 Å². The minimum atomic E-state index is -3.99. The average molecular weight is 650 g/mol. The Labute approximate surface area is 263 Å². The lowest BCUT2D eigenvalue weighted by Crippen LogP contribution is -2.30. The van der Waals surface area contributed by atoms with Gasteiger partial charge in [-0.05, 0) is 73.4 Å². The smallest absolute Gasteiger partial charge is 0.266 e. The number of sulfonamides is 1. The first-order valence-electron chi connectivity index (χ1n) is 14.9. The van der Waals surface area contributed by atoms with Crippen molar-refractivity contribution in [2.75, 3.05) is 6.26 Å². The Morgan fingerprint density at radius 2 is 1.80 bits per heavy atom. The molecule has 1 aliphatic rings. The SMILES string of the molecule is CC(C)Cc1nc2c(cnn2C(C)C2CC2)c(-c2cc(C(=O)NS(C)(=O)=O)c3c(cnn3Cc3ccc(F)c(F)c3)c2)c1C(N)=O. The Bertz CT molecular complexity index is 2150. The lowest BCUT2D eigenvalue weighted by molar-refractivity contribution is 0.0979. The van der Waals surface area contributed by atoms with Crippen molar-refractivity contribution in [3.05, 3.63) is 76.7 Å². The van der Waals surface area contributed by atoms with E-state index in [1.54, 1.807) is 12.3 Å². The maximum Gasteiger partial charge on any atom is 0.266 e. The summed E-state index contributed by atoms with van der Waals surface area (Å²) in [5.74, 6) is -3.11. The first-order valence-corrected chi connectivity index (χ1v) is 16.8. The van der Waals surface area contributed by atoms with Crippen molar-refractivity contribution >= 4 is 43.8 Å². The van der Waals surface area contributed by atoms with E-state index in [-0.39, 0.29) is 35.1 Å². The number of amides is 2. The molecule has 46 heavy (non-hydrogen) atoms. The number of carbonyl (C=O) groups is 2. The molecule has 2 aromatic carbocycles. The summed E-state index contributed by atoms with van der Waals surface area (Å²) in [6.07, 6.45) is 6.58. The number of aromatic nitrogens is 5. The van der Waals surface area contributed by atoms with Gasteiger partial charge in [-0.15, -0.1) is 0 Å². The van der Waals surface area contributed by atoms with Gasteiger partial charge in [0.05, 0.1) is 53.6 Å². The molecule has 6 rings (SSSR count). The molecule has 0 bridgehead atoms. The van der Waals surface area contributed by atoms with Crippen molar-refractivity contribution in [3.8, 4) is 11.1 Å². The van der Waals surface area contributed by atoms with E-state index >= 15 is 0 Å². The average Bonchev–Trinajstić information content (AvgIpc) is 3.62. The highest BCUT2D eigenvalue weighted by atomic mass is 32.2. The number of nitrogens with one attached hydrogen (secondary N) is 1. The second kappa shape index (κ2) is 11.6. The van der Waals surface area contributed by atoms with Crippen molar-refractivity contribution in [2.45, 2.75) is 52.6 Å². The summed E-state index contributed by atoms with van der Waals surface area (Å²) in [5, 5.41) is 10.0. The molecular weight excluding hydrogens is 616 g/mol. The van der Waals surface area contributed by atoms with Gasteiger partial charge in [0.2, 0.25) is 10.0 Å². The Morgan fingerprint density at radius 1 is 1.07 bits per heavy atom. The van der Waals surface area contributed by atoms with E-state index in [4.69, 9.17) is 10.7 Å². The zero-order valence-corrected chi connectivity index (χ0v) is 26.5. The van der Waals surface area contributed by atoms with Crippen LogP contribution in [0.25, 0.3) is 33.1 Å². The van der Waals surface area contributed by atoms with Gasteiger partial charge in [-0.25, -0.2) is 31.6 Å². The number of carbonyl (C=O) groups excluding carboxylic acids is 2. The first kappa shape index (κ1) is 31.3. The lowest BCUT2D eigenvalue weighted by atomic mass is 9.91. The standard InChI is InChI=1S/C32H33F2N7O4S/c1-16(2)9-26-28(30(35)42)27(23-14-37-41(31(23)38-26)17(3)19-6-7-19)20-11-21-13-36-40(15-18-5-8-24(33)25(34)10-18)29(21)22(12-20)32(43)39-46(4,44)45/h5,8,10-14,16-17,19H,6-7,9,15H2,1-4H3,(H2,35,42)(H,39,43). The maximum atomic E-state index is 14.0. The van der Waals surface area contributed by atoms with Crippen molar-refractivity contribution < 1.29 is 26.8 Å². The van der Waals surface area contributed by atoms with E-state index < -0.39 is 33.5 Å². The van der Waals surface area contributed by atoms with E-state index in [1.807, 2.05) is 23.3 Å². The second-order valence-corrected chi connectivity index (χ2v) is 14.1. The molecule has 0 spiro atoms. The first-order chi connectivity index (χ1) is 21.7. The van der Waals surface area contributed by atoms with Crippen LogP contribution in [0.3, 0.4) is 0 Å². The lowest BCUT2D eigenvalue weighted by Gasteiger charge is -2.18. The van der Waals surface area contributed by atoms with E-state index in [9.17, 15) is 26.8 Å². The molecule has 5 aromatic rings. The minimum absolute atomic E-state index is 0.0460. The number of nitrogens with zero attached hydrogens (tertiary/aromatic N) is 5. The van der Waals surface area contributed by atoms with Gasteiger partial charge < -0.3 is 5.73 Å². The fraction of sp³-hybridized carbons (Fsp3) is 0.344. The fourth-order valence-electron chi connectivity index (χ4n) is 5.99. The summed E-state index contributed by atoms with van der Waals surface area (Å²) in [6, 6.07) is 6.68. The molecule has 1 saturated carbocycles. The molecule has 2 amide bonds. The van der Waals surface area contributed by atoms with Gasteiger partial charge in [-0.2, -0.15) is 10.2 Å². The number of halogens is 2. The van der Waals surface area contributed by atoms with Crippen LogP contribution in [-0.4, -0.2) is 51.0 Å². The van der Waals surface area contributed by atoms with Crippen LogP contribution in [0.5, 0.6) is 0 Å². The minimum Gasteiger partial charge on any atom is -0.366 e. The molecule has 240 valence electrons. The topological polar surface area (TPSA) is 155 Å².